The van der Waals surface area contributed by atoms with Crippen LogP contribution in [0, 0.1) is 5.41 Å². The van der Waals surface area contributed by atoms with Crippen molar-refractivity contribution in [2.75, 3.05) is 24.6 Å². The van der Waals surface area contributed by atoms with E-state index in [1.54, 1.807) is 0 Å². The number of fused-ring (bicyclic) bond motifs is 2. The van der Waals surface area contributed by atoms with Crippen molar-refractivity contribution >= 4 is 28.1 Å². The van der Waals surface area contributed by atoms with Gasteiger partial charge in [0.15, 0.2) is 0 Å². The first-order valence-corrected chi connectivity index (χ1v) is 9.94. The average Bonchev–Trinajstić information content (AvgIpc) is 2.79. The molecule has 2 nitrogen and oxygen atoms in total. The Hall–Kier alpha value is -2.03. The SMILES string of the molecule is CC(C)(C)CN1CCOC(c2cccc3ccccc23)c2cc(Cl)ccc21. The number of hydrogen-bond donors (Lipinski definition) is 0. The van der Waals surface area contributed by atoms with Gasteiger partial charge in [-0.1, -0.05) is 74.8 Å². The smallest absolute Gasteiger partial charge is 0.110 e. The summed E-state index contributed by atoms with van der Waals surface area (Å²) in [5.74, 6) is 0. The van der Waals surface area contributed by atoms with Crippen LogP contribution in [0.4, 0.5) is 5.69 Å². The van der Waals surface area contributed by atoms with Crippen molar-refractivity contribution in [3.8, 4) is 0 Å². The molecule has 0 aromatic heterocycles. The van der Waals surface area contributed by atoms with Crippen molar-refractivity contribution < 1.29 is 4.74 Å². The zero-order valence-corrected chi connectivity index (χ0v) is 17.0. The minimum absolute atomic E-state index is 0.116. The molecule has 1 unspecified atom stereocenters. The predicted molar refractivity (Wildman–Crippen MR) is 115 cm³/mol. The Morgan fingerprint density at radius 1 is 1.00 bits per heavy atom. The van der Waals surface area contributed by atoms with Gasteiger partial charge in [-0.2, -0.15) is 0 Å². The monoisotopic (exact) mass is 379 g/mol. The van der Waals surface area contributed by atoms with Crippen LogP contribution in [0.15, 0.2) is 60.7 Å². The predicted octanol–water partition coefficient (Wildman–Crippen LogP) is 6.47. The van der Waals surface area contributed by atoms with Crippen LogP contribution >= 0.6 is 11.6 Å². The molecule has 1 aliphatic heterocycles. The normalized spacial score (nSPS) is 17.6. The van der Waals surface area contributed by atoms with Crippen LogP contribution in [-0.4, -0.2) is 19.7 Å². The summed E-state index contributed by atoms with van der Waals surface area (Å²) in [6.07, 6.45) is -0.116. The summed E-state index contributed by atoms with van der Waals surface area (Å²) < 4.78 is 6.42. The van der Waals surface area contributed by atoms with Crippen LogP contribution in [0.1, 0.15) is 38.0 Å². The van der Waals surface area contributed by atoms with Gasteiger partial charge in [-0.3, -0.25) is 0 Å². The number of hydrogen-bond acceptors (Lipinski definition) is 2. The molecule has 1 atom stereocenters. The molecule has 3 aromatic rings. The van der Waals surface area contributed by atoms with Crippen molar-refractivity contribution in [2.24, 2.45) is 5.41 Å². The Morgan fingerprint density at radius 2 is 1.78 bits per heavy atom. The highest BCUT2D eigenvalue weighted by Crippen LogP contribution is 2.40. The highest BCUT2D eigenvalue weighted by atomic mass is 35.5. The van der Waals surface area contributed by atoms with E-state index in [2.05, 4.69) is 80.3 Å². The molecule has 27 heavy (non-hydrogen) atoms. The van der Waals surface area contributed by atoms with Gasteiger partial charge in [0.1, 0.15) is 6.10 Å². The molecule has 0 aliphatic carbocycles. The first kappa shape index (κ1) is 18.3. The zero-order chi connectivity index (χ0) is 19.0. The molecule has 0 spiro atoms. The second-order valence-corrected chi connectivity index (χ2v) is 8.94. The van der Waals surface area contributed by atoms with Crippen molar-refractivity contribution in [3.05, 3.63) is 76.8 Å². The molecule has 0 amide bonds. The van der Waals surface area contributed by atoms with E-state index < -0.39 is 0 Å². The Morgan fingerprint density at radius 3 is 2.59 bits per heavy atom. The van der Waals surface area contributed by atoms with E-state index in [1.807, 2.05) is 6.07 Å². The number of ether oxygens (including phenoxy) is 1. The number of rotatable bonds is 2. The zero-order valence-electron chi connectivity index (χ0n) is 16.2. The summed E-state index contributed by atoms with van der Waals surface area (Å²) in [5, 5.41) is 3.22. The maximum atomic E-state index is 6.42. The fourth-order valence-corrected chi connectivity index (χ4v) is 4.17. The second kappa shape index (κ2) is 7.18. The van der Waals surface area contributed by atoms with Gasteiger partial charge >= 0.3 is 0 Å². The van der Waals surface area contributed by atoms with Gasteiger partial charge in [-0.05, 0) is 39.9 Å². The van der Waals surface area contributed by atoms with Crippen molar-refractivity contribution in [3.63, 3.8) is 0 Å². The van der Waals surface area contributed by atoms with E-state index in [9.17, 15) is 0 Å². The molecule has 140 valence electrons. The fourth-order valence-electron chi connectivity index (χ4n) is 3.99. The molecule has 1 heterocycles. The molecule has 3 aromatic carbocycles. The second-order valence-electron chi connectivity index (χ2n) is 8.50. The maximum Gasteiger partial charge on any atom is 0.110 e. The van der Waals surface area contributed by atoms with Gasteiger partial charge in [0, 0.05) is 29.4 Å². The number of benzene rings is 3. The lowest BCUT2D eigenvalue weighted by atomic mass is 9.93. The van der Waals surface area contributed by atoms with Crippen LogP contribution in [0.3, 0.4) is 0 Å². The minimum atomic E-state index is -0.116. The topological polar surface area (TPSA) is 12.5 Å². The maximum absolute atomic E-state index is 6.42. The van der Waals surface area contributed by atoms with E-state index in [4.69, 9.17) is 16.3 Å². The molecular weight excluding hydrogens is 354 g/mol. The van der Waals surface area contributed by atoms with E-state index in [0.29, 0.717) is 6.61 Å². The Kier molecular flexibility index (Phi) is 4.88. The summed E-state index contributed by atoms with van der Waals surface area (Å²) >= 11 is 6.41. The lowest BCUT2D eigenvalue weighted by molar-refractivity contribution is 0.0912. The first-order chi connectivity index (χ1) is 12.9. The Balaban J connectivity index is 1.86. The van der Waals surface area contributed by atoms with Crippen molar-refractivity contribution in [1.29, 1.82) is 0 Å². The highest BCUT2D eigenvalue weighted by molar-refractivity contribution is 6.30. The lowest BCUT2D eigenvalue weighted by Gasteiger charge is -2.31. The lowest BCUT2D eigenvalue weighted by Crippen LogP contribution is -2.34. The summed E-state index contributed by atoms with van der Waals surface area (Å²) in [7, 11) is 0. The van der Waals surface area contributed by atoms with Crippen molar-refractivity contribution in [2.45, 2.75) is 26.9 Å². The molecule has 3 heteroatoms. The number of anilines is 1. The molecule has 0 bridgehead atoms. The molecule has 4 rings (SSSR count). The third kappa shape index (κ3) is 3.83. The molecule has 0 saturated carbocycles. The van der Waals surface area contributed by atoms with Gasteiger partial charge in [-0.15, -0.1) is 0 Å². The van der Waals surface area contributed by atoms with E-state index in [-0.39, 0.29) is 11.5 Å². The molecular formula is C24H26ClNO. The summed E-state index contributed by atoms with van der Waals surface area (Å²) in [5.41, 5.74) is 3.79. The number of halogens is 1. The Bertz CT molecular complexity index is 955. The van der Waals surface area contributed by atoms with Crippen LogP contribution in [0.25, 0.3) is 10.8 Å². The largest absolute Gasteiger partial charge is 0.368 e. The minimum Gasteiger partial charge on any atom is -0.368 e. The number of nitrogens with zero attached hydrogens (tertiary/aromatic N) is 1. The molecule has 0 saturated heterocycles. The van der Waals surface area contributed by atoms with Gasteiger partial charge in [-0.25, -0.2) is 0 Å². The standard InChI is InChI=1S/C24H26ClNO/c1-24(2,3)16-26-13-14-27-23(21-15-18(25)11-12-22(21)26)20-10-6-8-17-7-4-5-9-19(17)20/h4-12,15,23H,13-14,16H2,1-3H3. The first-order valence-electron chi connectivity index (χ1n) is 9.56. The molecule has 0 fully saturated rings. The van der Waals surface area contributed by atoms with Crippen LogP contribution in [-0.2, 0) is 4.74 Å². The van der Waals surface area contributed by atoms with Gasteiger partial charge in [0.25, 0.3) is 0 Å². The van der Waals surface area contributed by atoms with Crippen LogP contribution in [0.5, 0.6) is 0 Å². The summed E-state index contributed by atoms with van der Waals surface area (Å²) in [6, 6.07) is 21.2. The van der Waals surface area contributed by atoms with E-state index in [0.717, 1.165) is 23.7 Å². The summed E-state index contributed by atoms with van der Waals surface area (Å²) in [4.78, 5) is 2.44. The molecule has 0 N–H and O–H groups in total. The Labute approximate surface area is 166 Å². The van der Waals surface area contributed by atoms with Gasteiger partial charge < -0.3 is 9.64 Å². The van der Waals surface area contributed by atoms with Crippen molar-refractivity contribution in [1.82, 2.24) is 0 Å². The van der Waals surface area contributed by atoms with Crippen LogP contribution < -0.4 is 4.90 Å². The van der Waals surface area contributed by atoms with Gasteiger partial charge in [0.05, 0.1) is 6.61 Å². The average molecular weight is 380 g/mol. The summed E-state index contributed by atoms with van der Waals surface area (Å²) in [6.45, 7) is 9.38. The molecule has 0 radical (unpaired) electrons. The third-order valence-corrected chi connectivity index (χ3v) is 5.26. The van der Waals surface area contributed by atoms with Crippen LogP contribution in [0.2, 0.25) is 5.02 Å². The van der Waals surface area contributed by atoms with E-state index in [1.165, 1.54) is 22.0 Å². The van der Waals surface area contributed by atoms with E-state index >= 15 is 0 Å². The molecule has 1 aliphatic rings. The third-order valence-electron chi connectivity index (χ3n) is 5.03. The quantitative estimate of drug-likeness (QED) is 0.506. The highest BCUT2D eigenvalue weighted by Gasteiger charge is 2.28. The fraction of sp³-hybridized carbons (Fsp3) is 0.333. The van der Waals surface area contributed by atoms with Gasteiger partial charge in [0.2, 0.25) is 0 Å².